The summed E-state index contributed by atoms with van der Waals surface area (Å²) in [6, 6.07) is 0. The Morgan fingerprint density at radius 3 is 2.75 bits per heavy atom. The molecule has 1 aromatic rings. The van der Waals surface area contributed by atoms with E-state index in [9.17, 15) is 9.59 Å². The molecule has 1 rings (SSSR count). The van der Waals surface area contributed by atoms with Crippen molar-refractivity contribution in [3.8, 4) is 0 Å². The Morgan fingerprint density at radius 1 is 1.69 bits per heavy atom. The highest BCUT2D eigenvalue weighted by Crippen LogP contribution is 2.19. The first-order valence-corrected chi connectivity index (χ1v) is 4.56. The number of methoxy groups -OCH3 is 1. The number of hydrogen-bond acceptors (Lipinski definition) is 5. The summed E-state index contributed by atoms with van der Waals surface area (Å²) in [5, 5.41) is 12.8. The maximum Gasteiger partial charge on any atom is 0.358 e. The number of aromatic nitrogens is 2. The van der Waals surface area contributed by atoms with Crippen molar-refractivity contribution in [2.75, 3.05) is 13.7 Å². The number of hydrogen-bond donors (Lipinski definition) is 2. The molecule has 16 heavy (non-hydrogen) atoms. The molecule has 0 radical (unpaired) electrons. The van der Waals surface area contributed by atoms with E-state index in [1.165, 1.54) is 18.0 Å². The van der Waals surface area contributed by atoms with E-state index in [2.05, 4.69) is 9.84 Å². The SMILES string of the molecule is COC(=O)c1nn(C)cc1C(CN)C(=O)O. The third kappa shape index (κ3) is 2.19. The van der Waals surface area contributed by atoms with Gasteiger partial charge in [0, 0.05) is 25.4 Å². The third-order valence-electron chi connectivity index (χ3n) is 2.15. The van der Waals surface area contributed by atoms with Gasteiger partial charge in [-0.05, 0) is 0 Å². The minimum atomic E-state index is -1.10. The lowest BCUT2D eigenvalue weighted by Crippen LogP contribution is -2.23. The summed E-state index contributed by atoms with van der Waals surface area (Å²) in [5.74, 6) is -2.72. The molecule has 0 aliphatic heterocycles. The van der Waals surface area contributed by atoms with Gasteiger partial charge < -0.3 is 15.6 Å². The molecular formula is C9H13N3O4. The molecule has 0 fully saturated rings. The number of carbonyl (C=O) groups excluding carboxylic acids is 1. The highest BCUT2D eigenvalue weighted by atomic mass is 16.5. The molecule has 0 aliphatic carbocycles. The molecule has 7 nitrogen and oxygen atoms in total. The molecule has 88 valence electrons. The van der Waals surface area contributed by atoms with Crippen molar-refractivity contribution < 1.29 is 19.4 Å². The number of rotatable bonds is 4. The first-order chi connectivity index (χ1) is 7.51. The maximum atomic E-state index is 11.4. The molecule has 0 amide bonds. The van der Waals surface area contributed by atoms with Crippen LogP contribution >= 0.6 is 0 Å². The predicted molar refractivity (Wildman–Crippen MR) is 54.0 cm³/mol. The normalized spacial score (nSPS) is 12.2. The number of carbonyl (C=O) groups is 2. The highest BCUT2D eigenvalue weighted by molar-refractivity contribution is 5.91. The second-order valence-electron chi connectivity index (χ2n) is 3.22. The fraction of sp³-hybridized carbons (Fsp3) is 0.444. The molecule has 1 atom stereocenters. The van der Waals surface area contributed by atoms with E-state index in [0.717, 1.165) is 0 Å². The van der Waals surface area contributed by atoms with E-state index in [1.807, 2.05) is 0 Å². The Morgan fingerprint density at radius 2 is 2.31 bits per heavy atom. The van der Waals surface area contributed by atoms with Crippen molar-refractivity contribution in [3.05, 3.63) is 17.5 Å². The number of nitrogens with two attached hydrogens (primary N) is 1. The van der Waals surface area contributed by atoms with Gasteiger partial charge in [-0.2, -0.15) is 5.10 Å². The van der Waals surface area contributed by atoms with Gasteiger partial charge in [-0.15, -0.1) is 0 Å². The van der Waals surface area contributed by atoms with Gasteiger partial charge >= 0.3 is 11.9 Å². The minimum absolute atomic E-state index is 0.0112. The van der Waals surface area contributed by atoms with Gasteiger partial charge in [0.2, 0.25) is 0 Å². The van der Waals surface area contributed by atoms with Crippen LogP contribution in [0, 0.1) is 0 Å². The Hall–Kier alpha value is -1.89. The van der Waals surface area contributed by atoms with E-state index in [0.29, 0.717) is 0 Å². The first kappa shape index (κ1) is 12.2. The number of carboxylic acids is 1. The Kier molecular flexibility index (Phi) is 3.62. The Bertz CT molecular complexity index is 413. The highest BCUT2D eigenvalue weighted by Gasteiger charge is 2.27. The molecule has 3 N–H and O–H groups in total. The summed E-state index contributed by atoms with van der Waals surface area (Å²) in [6.07, 6.45) is 1.46. The van der Waals surface area contributed by atoms with Gasteiger partial charge in [-0.1, -0.05) is 0 Å². The number of aliphatic carboxylic acids is 1. The summed E-state index contributed by atoms with van der Waals surface area (Å²) in [7, 11) is 2.80. The summed E-state index contributed by atoms with van der Waals surface area (Å²) >= 11 is 0. The van der Waals surface area contributed by atoms with E-state index in [1.54, 1.807) is 7.05 Å². The van der Waals surface area contributed by atoms with Gasteiger partial charge in [0.15, 0.2) is 5.69 Å². The van der Waals surface area contributed by atoms with Gasteiger partial charge in [0.1, 0.15) is 0 Å². The maximum absolute atomic E-state index is 11.4. The van der Waals surface area contributed by atoms with Crippen molar-refractivity contribution >= 4 is 11.9 Å². The van der Waals surface area contributed by atoms with Gasteiger partial charge in [-0.3, -0.25) is 9.48 Å². The molecule has 0 saturated carbocycles. The largest absolute Gasteiger partial charge is 0.481 e. The number of carboxylic acid groups (broad SMARTS) is 1. The Balaban J connectivity index is 3.20. The Labute approximate surface area is 91.8 Å². The second-order valence-corrected chi connectivity index (χ2v) is 3.22. The molecule has 1 heterocycles. The molecule has 7 heteroatoms. The molecule has 0 aliphatic rings. The van der Waals surface area contributed by atoms with E-state index in [-0.39, 0.29) is 17.8 Å². The first-order valence-electron chi connectivity index (χ1n) is 4.56. The smallest absolute Gasteiger partial charge is 0.358 e. The fourth-order valence-corrected chi connectivity index (χ4v) is 1.38. The van der Waals surface area contributed by atoms with E-state index in [4.69, 9.17) is 10.8 Å². The van der Waals surface area contributed by atoms with Gasteiger partial charge in [-0.25, -0.2) is 4.79 Å². The van der Waals surface area contributed by atoms with Crippen molar-refractivity contribution in [2.45, 2.75) is 5.92 Å². The van der Waals surface area contributed by atoms with Crippen LogP contribution in [0.25, 0.3) is 0 Å². The average molecular weight is 227 g/mol. The zero-order valence-electron chi connectivity index (χ0n) is 9.01. The van der Waals surface area contributed by atoms with Crippen LogP contribution in [0.3, 0.4) is 0 Å². The summed E-state index contributed by atoms with van der Waals surface area (Å²) in [4.78, 5) is 22.3. The lowest BCUT2D eigenvalue weighted by atomic mass is 10.0. The standard InChI is InChI=1S/C9H13N3O4/c1-12-4-6(5(3-10)8(13)14)7(11-12)9(15)16-2/h4-5H,3,10H2,1-2H3,(H,13,14). The number of ether oxygens (including phenoxy) is 1. The van der Waals surface area contributed by atoms with Gasteiger partial charge in [0.25, 0.3) is 0 Å². The van der Waals surface area contributed by atoms with Crippen LogP contribution in [-0.4, -0.2) is 40.5 Å². The molecular weight excluding hydrogens is 214 g/mol. The summed E-state index contributed by atoms with van der Waals surface area (Å²) in [6.45, 7) is -0.106. The van der Waals surface area contributed by atoms with Crippen LogP contribution in [0.5, 0.6) is 0 Å². The van der Waals surface area contributed by atoms with Crippen LogP contribution in [0.2, 0.25) is 0 Å². The summed E-state index contributed by atoms with van der Waals surface area (Å²) < 4.78 is 5.87. The molecule has 1 aromatic heterocycles. The molecule has 1 unspecified atom stereocenters. The number of nitrogens with zero attached hydrogens (tertiary/aromatic N) is 2. The average Bonchev–Trinajstić information content (AvgIpc) is 2.60. The van der Waals surface area contributed by atoms with Crippen molar-refractivity contribution in [3.63, 3.8) is 0 Å². The third-order valence-corrected chi connectivity index (χ3v) is 2.15. The number of aryl methyl sites for hydroxylation is 1. The van der Waals surface area contributed by atoms with Crippen molar-refractivity contribution in [1.82, 2.24) is 9.78 Å². The predicted octanol–water partition coefficient (Wildman–Crippen LogP) is -0.666. The molecule has 0 saturated heterocycles. The molecule has 0 spiro atoms. The quantitative estimate of drug-likeness (QED) is 0.661. The zero-order valence-corrected chi connectivity index (χ0v) is 9.01. The van der Waals surface area contributed by atoms with Crippen molar-refractivity contribution in [2.24, 2.45) is 12.8 Å². The fourth-order valence-electron chi connectivity index (χ4n) is 1.38. The van der Waals surface area contributed by atoms with Crippen LogP contribution in [0.15, 0.2) is 6.20 Å². The molecule has 0 aromatic carbocycles. The minimum Gasteiger partial charge on any atom is -0.481 e. The monoisotopic (exact) mass is 227 g/mol. The topological polar surface area (TPSA) is 107 Å². The van der Waals surface area contributed by atoms with Crippen LogP contribution in [-0.2, 0) is 16.6 Å². The zero-order chi connectivity index (χ0) is 12.3. The second kappa shape index (κ2) is 4.75. The molecule has 0 bridgehead atoms. The van der Waals surface area contributed by atoms with Crippen LogP contribution in [0.1, 0.15) is 22.0 Å². The lowest BCUT2D eigenvalue weighted by molar-refractivity contribution is -0.138. The summed E-state index contributed by atoms with van der Waals surface area (Å²) in [5.41, 5.74) is 5.61. The lowest BCUT2D eigenvalue weighted by Gasteiger charge is -2.08. The van der Waals surface area contributed by atoms with E-state index < -0.39 is 17.9 Å². The van der Waals surface area contributed by atoms with E-state index >= 15 is 0 Å². The number of esters is 1. The van der Waals surface area contributed by atoms with Gasteiger partial charge in [0.05, 0.1) is 13.0 Å². The van der Waals surface area contributed by atoms with Crippen LogP contribution < -0.4 is 5.73 Å². The van der Waals surface area contributed by atoms with Crippen LogP contribution in [0.4, 0.5) is 0 Å². The van der Waals surface area contributed by atoms with Crippen molar-refractivity contribution in [1.29, 1.82) is 0 Å².